The lowest BCUT2D eigenvalue weighted by molar-refractivity contribution is -0.122. The number of carbonyl (C=O) groups excluding carboxylic acids is 1. The first-order chi connectivity index (χ1) is 9.09. The van der Waals surface area contributed by atoms with Crippen molar-refractivity contribution in [2.75, 3.05) is 48.5 Å². The predicted molar refractivity (Wildman–Crippen MR) is 79.9 cm³/mol. The largest absolute Gasteiger partial charge is 0.354 e. The molecule has 9 heteroatoms. The molecule has 6 nitrogen and oxygen atoms in total. The van der Waals surface area contributed by atoms with Crippen molar-refractivity contribution in [1.29, 1.82) is 0 Å². The Balaban J connectivity index is 1.73. The molecule has 0 radical (unpaired) electrons. The summed E-state index contributed by atoms with van der Waals surface area (Å²) >= 11 is 3.45. The third-order valence-corrected chi connectivity index (χ3v) is 6.81. The summed E-state index contributed by atoms with van der Waals surface area (Å²) in [6, 6.07) is -0.181. The highest BCUT2D eigenvalue weighted by atomic mass is 32.2. The molecule has 0 aromatic rings. The molecule has 0 bridgehead atoms. The maximum Gasteiger partial charge on any atom is 0.238 e. The van der Waals surface area contributed by atoms with Crippen LogP contribution in [0.5, 0.6) is 0 Å². The smallest absolute Gasteiger partial charge is 0.238 e. The van der Waals surface area contributed by atoms with Gasteiger partial charge in [0, 0.05) is 42.8 Å². The molecular formula is C10H19N3O3S3. The van der Waals surface area contributed by atoms with Gasteiger partial charge in [-0.3, -0.25) is 10.1 Å². The number of rotatable bonds is 5. The van der Waals surface area contributed by atoms with Gasteiger partial charge in [-0.25, -0.2) is 12.7 Å². The van der Waals surface area contributed by atoms with Gasteiger partial charge in [0.25, 0.3) is 0 Å². The zero-order valence-corrected chi connectivity index (χ0v) is 13.1. The van der Waals surface area contributed by atoms with Gasteiger partial charge < -0.3 is 5.32 Å². The molecule has 110 valence electrons. The van der Waals surface area contributed by atoms with E-state index in [9.17, 15) is 13.2 Å². The molecule has 0 aromatic carbocycles. The number of carbonyl (C=O) groups is 1. The van der Waals surface area contributed by atoms with Gasteiger partial charge in [0.2, 0.25) is 15.9 Å². The molecule has 1 atom stereocenters. The zero-order chi connectivity index (χ0) is 13.7. The van der Waals surface area contributed by atoms with Gasteiger partial charge in [-0.2, -0.15) is 11.8 Å². The lowest BCUT2D eigenvalue weighted by atomic mass is 10.3. The number of hydrogen-bond acceptors (Lipinski definition) is 6. The Morgan fingerprint density at radius 3 is 2.68 bits per heavy atom. The van der Waals surface area contributed by atoms with Gasteiger partial charge in [-0.15, -0.1) is 11.8 Å². The third-order valence-electron chi connectivity index (χ3n) is 3.06. The minimum Gasteiger partial charge on any atom is -0.354 e. The Labute approximate surface area is 122 Å². The molecule has 2 N–H and O–H groups in total. The van der Waals surface area contributed by atoms with Crippen molar-refractivity contribution in [3.05, 3.63) is 0 Å². The number of sulfonamides is 1. The quantitative estimate of drug-likeness (QED) is 0.685. The van der Waals surface area contributed by atoms with E-state index >= 15 is 0 Å². The zero-order valence-electron chi connectivity index (χ0n) is 10.6. The van der Waals surface area contributed by atoms with E-state index in [1.165, 1.54) is 4.31 Å². The maximum atomic E-state index is 12.0. The molecule has 1 amide bonds. The molecule has 0 aliphatic carbocycles. The van der Waals surface area contributed by atoms with Crippen LogP contribution < -0.4 is 10.6 Å². The van der Waals surface area contributed by atoms with Crippen LogP contribution in [0.15, 0.2) is 0 Å². The molecule has 2 saturated heterocycles. The Kier molecular flexibility index (Phi) is 5.82. The summed E-state index contributed by atoms with van der Waals surface area (Å²) in [6.07, 6.45) is 0. The first kappa shape index (κ1) is 15.4. The second-order valence-electron chi connectivity index (χ2n) is 4.39. The summed E-state index contributed by atoms with van der Waals surface area (Å²) in [7, 11) is -3.22. The SMILES string of the molecule is O=C(NCCS(=O)(=O)N1CCSCC1)C1CSCN1. The van der Waals surface area contributed by atoms with Crippen molar-refractivity contribution >= 4 is 39.5 Å². The molecule has 0 spiro atoms. The van der Waals surface area contributed by atoms with Crippen LogP contribution in [0.25, 0.3) is 0 Å². The Morgan fingerprint density at radius 1 is 1.32 bits per heavy atom. The Morgan fingerprint density at radius 2 is 2.05 bits per heavy atom. The highest BCUT2D eigenvalue weighted by molar-refractivity contribution is 7.99. The fourth-order valence-electron chi connectivity index (χ4n) is 1.94. The molecule has 0 saturated carbocycles. The topological polar surface area (TPSA) is 78.5 Å². The van der Waals surface area contributed by atoms with E-state index in [0.717, 1.165) is 23.1 Å². The predicted octanol–water partition coefficient (Wildman–Crippen LogP) is -0.856. The van der Waals surface area contributed by atoms with E-state index in [2.05, 4.69) is 10.6 Å². The minimum atomic E-state index is -3.22. The average molecular weight is 325 g/mol. The maximum absolute atomic E-state index is 12.0. The number of nitrogens with zero attached hydrogens (tertiary/aromatic N) is 1. The van der Waals surface area contributed by atoms with E-state index < -0.39 is 10.0 Å². The highest BCUT2D eigenvalue weighted by Gasteiger charge is 2.25. The van der Waals surface area contributed by atoms with E-state index in [1.54, 1.807) is 23.5 Å². The van der Waals surface area contributed by atoms with Crippen molar-refractivity contribution in [3.8, 4) is 0 Å². The lowest BCUT2D eigenvalue weighted by Crippen LogP contribution is -2.45. The second-order valence-corrected chi connectivity index (χ2v) is 8.73. The van der Waals surface area contributed by atoms with Crippen molar-refractivity contribution < 1.29 is 13.2 Å². The van der Waals surface area contributed by atoms with Crippen LogP contribution in [0, 0.1) is 0 Å². The fourth-order valence-corrected chi connectivity index (χ4v) is 5.38. The Bertz CT molecular complexity index is 403. The van der Waals surface area contributed by atoms with E-state index in [1.807, 2.05) is 0 Å². The van der Waals surface area contributed by atoms with Gasteiger partial charge in [0.15, 0.2) is 0 Å². The summed E-state index contributed by atoms with van der Waals surface area (Å²) in [4.78, 5) is 11.7. The van der Waals surface area contributed by atoms with Crippen LogP contribution in [0.4, 0.5) is 0 Å². The number of thioether (sulfide) groups is 2. The molecule has 2 fully saturated rings. The van der Waals surface area contributed by atoms with Gasteiger partial charge >= 0.3 is 0 Å². The van der Waals surface area contributed by atoms with Gasteiger partial charge in [0.1, 0.15) is 0 Å². The molecule has 2 heterocycles. The van der Waals surface area contributed by atoms with E-state index in [-0.39, 0.29) is 24.2 Å². The molecule has 2 rings (SSSR count). The normalized spacial score (nSPS) is 25.4. The van der Waals surface area contributed by atoms with Crippen LogP contribution in [0.3, 0.4) is 0 Å². The monoisotopic (exact) mass is 325 g/mol. The van der Waals surface area contributed by atoms with Crippen molar-refractivity contribution in [3.63, 3.8) is 0 Å². The molecular weight excluding hydrogens is 306 g/mol. The van der Waals surface area contributed by atoms with Crippen molar-refractivity contribution in [2.24, 2.45) is 0 Å². The first-order valence-corrected chi connectivity index (χ1v) is 10.2. The standard InChI is InChI=1S/C10H19N3O3S3/c14-10(9-7-18-8-12-9)11-1-6-19(15,16)13-2-4-17-5-3-13/h9,12H,1-8H2,(H,11,14). The minimum absolute atomic E-state index is 0.0106. The summed E-state index contributed by atoms with van der Waals surface area (Å²) in [5.41, 5.74) is 0. The van der Waals surface area contributed by atoms with Crippen LogP contribution in [-0.2, 0) is 14.8 Å². The van der Waals surface area contributed by atoms with Gasteiger partial charge in [0.05, 0.1) is 11.8 Å². The molecule has 2 aliphatic rings. The lowest BCUT2D eigenvalue weighted by Gasteiger charge is -2.25. The molecule has 19 heavy (non-hydrogen) atoms. The van der Waals surface area contributed by atoms with Crippen LogP contribution in [0.1, 0.15) is 0 Å². The third kappa shape index (κ3) is 4.52. The average Bonchev–Trinajstić information content (AvgIpc) is 2.93. The summed E-state index contributed by atoms with van der Waals surface area (Å²) in [6.45, 7) is 1.36. The summed E-state index contributed by atoms with van der Waals surface area (Å²) < 4.78 is 25.6. The molecule has 1 unspecified atom stereocenters. The van der Waals surface area contributed by atoms with E-state index in [0.29, 0.717) is 13.1 Å². The number of hydrogen-bond donors (Lipinski definition) is 2. The second kappa shape index (κ2) is 7.16. The fraction of sp³-hybridized carbons (Fsp3) is 0.900. The van der Waals surface area contributed by atoms with E-state index in [4.69, 9.17) is 0 Å². The molecule has 2 aliphatic heterocycles. The van der Waals surface area contributed by atoms with Crippen LogP contribution in [-0.4, -0.2) is 73.2 Å². The molecule has 0 aromatic heterocycles. The highest BCUT2D eigenvalue weighted by Crippen LogP contribution is 2.13. The summed E-state index contributed by atoms with van der Waals surface area (Å²) in [5.74, 6) is 3.13. The van der Waals surface area contributed by atoms with Gasteiger partial charge in [-0.1, -0.05) is 0 Å². The Hall–Kier alpha value is 0.0400. The number of amides is 1. The summed E-state index contributed by atoms with van der Waals surface area (Å²) in [5, 5.41) is 5.75. The van der Waals surface area contributed by atoms with Crippen LogP contribution in [0.2, 0.25) is 0 Å². The number of nitrogens with one attached hydrogen (secondary N) is 2. The van der Waals surface area contributed by atoms with Crippen molar-refractivity contribution in [2.45, 2.75) is 6.04 Å². The van der Waals surface area contributed by atoms with Crippen molar-refractivity contribution in [1.82, 2.24) is 14.9 Å². The van der Waals surface area contributed by atoms with Crippen LogP contribution >= 0.6 is 23.5 Å². The first-order valence-electron chi connectivity index (χ1n) is 6.24. The van der Waals surface area contributed by atoms with Gasteiger partial charge in [-0.05, 0) is 0 Å².